The zero-order valence-electron chi connectivity index (χ0n) is 13.4. The molecule has 1 aliphatic rings. The molecule has 3 heterocycles. The van der Waals surface area contributed by atoms with Gasteiger partial charge in [0.25, 0.3) is 5.89 Å². The van der Waals surface area contributed by atoms with Crippen LogP contribution in [0.2, 0.25) is 5.02 Å². The summed E-state index contributed by atoms with van der Waals surface area (Å²) in [6, 6.07) is 10.9. The molecule has 1 saturated heterocycles. The van der Waals surface area contributed by atoms with E-state index in [1.807, 2.05) is 18.2 Å². The van der Waals surface area contributed by atoms with Crippen LogP contribution in [0.5, 0.6) is 0 Å². The fourth-order valence-corrected chi connectivity index (χ4v) is 2.73. The highest BCUT2D eigenvalue weighted by Crippen LogP contribution is 2.22. The number of aromatic nitrogens is 4. The molecule has 0 radical (unpaired) electrons. The van der Waals surface area contributed by atoms with E-state index in [-0.39, 0.29) is 6.10 Å². The van der Waals surface area contributed by atoms with Crippen LogP contribution in [0.15, 0.2) is 40.9 Å². The second kappa shape index (κ2) is 7.16. The van der Waals surface area contributed by atoms with Gasteiger partial charge in [-0.15, -0.1) is 10.2 Å². The van der Waals surface area contributed by atoms with E-state index in [0.29, 0.717) is 28.2 Å². The number of nitrogens with one attached hydrogen (secondary N) is 1. The van der Waals surface area contributed by atoms with Crippen LogP contribution in [0.25, 0.3) is 23.0 Å². The first-order valence-corrected chi connectivity index (χ1v) is 8.45. The van der Waals surface area contributed by atoms with Crippen molar-refractivity contribution >= 4 is 17.4 Å². The van der Waals surface area contributed by atoms with Crippen LogP contribution in [0, 0.1) is 0 Å². The molecule has 128 valence electrons. The lowest BCUT2D eigenvalue weighted by molar-refractivity contribution is 0.120. The summed E-state index contributed by atoms with van der Waals surface area (Å²) in [4.78, 5) is 4.36. The van der Waals surface area contributed by atoms with E-state index in [1.165, 1.54) is 0 Å². The highest BCUT2D eigenvalue weighted by atomic mass is 35.5. The number of benzene rings is 1. The minimum Gasteiger partial charge on any atom is -0.376 e. The van der Waals surface area contributed by atoms with Crippen molar-refractivity contribution in [2.45, 2.75) is 18.9 Å². The maximum Gasteiger partial charge on any atom is 0.278 e. The third kappa shape index (κ3) is 3.78. The molecule has 0 saturated carbocycles. The number of halogens is 1. The van der Waals surface area contributed by atoms with Gasteiger partial charge in [-0.2, -0.15) is 4.98 Å². The Labute approximate surface area is 149 Å². The number of ether oxygens (including phenoxy) is 1. The highest BCUT2D eigenvalue weighted by Gasteiger charge is 2.16. The van der Waals surface area contributed by atoms with Crippen LogP contribution in [0.1, 0.15) is 12.8 Å². The Morgan fingerprint density at radius 2 is 2.00 bits per heavy atom. The lowest BCUT2D eigenvalue weighted by Crippen LogP contribution is -2.19. The molecule has 0 bridgehead atoms. The van der Waals surface area contributed by atoms with Crippen LogP contribution in [-0.2, 0) is 4.74 Å². The van der Waals surface area contributed by atoms with Gasteiger partial charge < -0.3 is 14.6 Å². The van der Waals surface area contributed by atoms with Gasteiger partial charge in [0.2, 0.25) is 5.82 Å². The first-order valence-electron chi connectivity index (χ1n) is 8.07. The van der Waals surface area contributed by atoms with Crippen molar-refractivity contribution in [3.05, 3.63) is 41.4 Å². The number of anilines is 1. The summed E-state index contributed by atoms with van der Waals surface area (Å²) in [7, 11) is 0. The van der Waals surface area contributed by atoms with E-state index < -0.39 is 0 Å². The monoisotopic (exact) mass is 357 g/mol. The van der Waals surface area contributed by atoms with Crippen molar-refractivity contribution in [2.24, 2.45) is 0 Å². The van der Waals surface area contributed by atoms with Crippen molar-refractivity contribution in [1.82, 2.24) is 20.3 Å². The summed E-state index contributed by atoms with van der Waals surface area (Å²) in [6.07, 6.45) is 2.44. The SMILES string of the molecule is Clc1ccc(-c2noc(-c3ccc(NCC4CCCO4)nn3)n2)cc1. The predicted octanol–water partition coefficient (Wildman–Crippen LogP) is 3.44. The minimum atomic E-state index is 0.249. The maximum atomic E-state index is 5.89. The molecule has 7 nitrogen and oxygen atoms in total. The van der Waals surface area contributed by atoms with Gasteiger partial charge in [-0.25, -0.2) is 0 Å². The standard InChI is InChI=1S/C17H16ClN5O2/c18-12-5-3-11(4-6-12)16-20-17(25-23-16)14-7-8-15(22-21-14)19-10-13-2-1-9-24-13/h3-8,13H,1-2,9-10H2,(H,19,22). The Balaban J connectivity index is 1.44. The zero-order chi connectivity index (χ0) is 17.1. The molecule has 1 atom stereocenters. The molecule has 2 aromatic heterocycles. The minimum absolute atomic E-state index is 0.249. The van der Waals surface area contributed by atoms with Crippen molar-refractivity contribution in [1.29, 1.82) is 0 Å². The van der Waals surface area contributed by atoms with Crippen molar-refractivity contribution in [3.63, 3.8) is 0 Å². The fraction of sp³-hybridized carbons (Fsp3) is 0.294. The summed E-state index contributed by atoms with van der Waals surface area (Å²) in [5.74, 6) is 1.49. The molecule has 1 aromatic carbocycles. The second-order valence-electron chi connectivity index (χ2n) is 5.75. The molecule has 0 aliphatic carbocycles. The number of hydrogen-bond acceptors (Lipinski definition) is 7. The van der Waals surface area contributed by atoms with Crippen LogP contribution in [-0.4, -0.2) is 39.6 Å². The van der Waals surface area contributed by atoms with Gasteiger partial charge in [-0.05, 0) is 49.2 Å². The van der Waals surface area contributed by atoms with E-state index in [1.54, 1.807) is 18.2 Å². The normalized spacial score (nSPS) is 16.9. The van der Waals surface area contributed by atoms with E-state index in [9.17, 15) is 0 Å². The molecule has 1 fully saturated rings. The zero-order valence-corrected chi connectivity index (χ0v) is 14.1. The highest BCUT2D eigenvalue weighted by molar-refractivity contribution is 6.30. The van der Waals surface area contributed by atoms with Gasteiger partial charge in [0.15, 0.2) is 5.69 Å². The summed E-state index contributed by atoms with van der Waals surface area (Å²) in [6.45, 7) is 1.57. The van der Waals surface area contributed by atoms with Crippen molar-refractivity contribution in [2.75, 3.05) is 18.5 Å². The Hall–Kier alpha value is -2.51. The molecule has 1 unspecified atom stereocenters. The van der Waals surface area contributed by atoms with E-state index >= 15 is 0 Å². The molecule has 8 heteroatoms. The topological polar surface area (TPSA) is 86.0 Å². The van der Waals surface area contributed by atoms with Gasteiger partial charge in [-0.3, -0.25) is 0 Å². The lowest BCUT2D eigenvalue weighted by atomic mass is 10.2. The quantitative estimate of drug-likeness (QED) is 0.748. The second-order valence-corrected chi connectivity index (χ2v) is 6.19. The Kier molecular flexibility index (Phi) is 4.58. The molecule has 4 rings (SSSR count). The third-order valence-corrected chi connectivity index (χ3v) is 4.20. The smallest absolute Gasteiger partial charge is 0.278 e. The van der Waals surface area contributed by atoms with Gasteiger partial charge in [-0.1, -0.05) is 16.8 Å². The van der Waals surface area contributed by atoms with Crippen molar-refractivity contribution in [3.8, 4) is 23.0 Å². The van der Waals surface area contributed by atoms with Crippen LogP contribution in [0.3, 0.4) is 0 Å². The van der Waals surface area contributed by atoms with E-state index in [4.69, 9.17) is 20.9 Å². The van der Waals surface area contributed by atoms with Gasteiger partial charge in [0.1, 0.15) is 5.82 Å². The van der Waals surface area contributed by atoms with Crippen LogP contribution in [0.4, 0.5) is 5.82 Å². The molecule has 3 aromatic rings. The predicted molar refractivity (Wildman–Crippen MR) is 93.2 cm³/mol. The van der Waals surface area contributed by atoms with E-state index in [0.717, 1.165) is 31.6 Å². The molecular formula is C17H16ClN5O2. The van der Waals surface area contributed by atoms with E-state index in [2.05, 4.69) is 25.7 Å². The summed E-state index contributed by atoms with van der Waals surface area (Å²) < 4.78 is 10.8. The number of nitrogens with zero attached hydrogens (tertiary/aromatic N) is 4. The average Bonchev–Trinajstić information content (AvgIpc) is 3.33. The largest absolute Gasteiger partial charge is 0.376 e. The summed E-state index contributed by atoms with van der Waals surface area (Å²) in [5.41, 5.74) is 1.34. The van der Waals surface area contributed by atoms with Crippen LogP contribution < -0.4 is 5.32 Å². The Morgan fingerprint density at radius 1 is 1.12 bits per heavy atom. The molecule has 1 N–H and O–H groups in total. The molecule has 0 spiro atoms. The summed E-state index contributed by atoms with van der Waals surface area (Å²) in [5, 5.41) is 16.1. The first kappa shape index (κ1) is 16.0. The van der Waals surface area contributed by atoms with Crippen LogP contribution >= 0.6 is 11.6 Å². The number of hydrogen-bond donors (Lipinski definition) is 1. The average molecular weight is 358 g/mol. The molecule has 25 heavy (non-hydrogen) atoms. The summed E-state index contributed by atoms with van der Waals surface area (Å²) >= 11 is 5.89. The van der Waals surface area contributed by atoms with Crippen molar-refractivity contribution < 1.29 is 9.26 Å². The Morgan fingerprint density at radius 3 is 2.72 bits per heavy atom. The fourth-order valence-electron chi connectivity index (χ4n) is 2.61. The molecular weight excluding hydrogens is 342 g/mol. The van der Waals surface area contributed by atoms with Gasteiger partial charge in [0.05, 0.1) is 6.10 Å². The Bertz CT molecular complexity index is 829. The maximum absolute atomic E-state index is 5.89. The van der Waals surface area contributed by atoms with Gasteiger partial charge >= 0.3 is 0 Å². The van der Waals surface area contributed by atoms with Gasteiger partial charge in [0, 0.05) is 23.7 Å². The number of rotatable bonds is 5. The third-order valence-electron chi connectivity index (χ3n) is 3.95. The lowest BCUT2D eigenvalue weighted by Gasteiger charge is -2.10. The molecule has 0 amide bonds. The first-order chi connectivity index (χ1) is 12.3. The molecule has 1 aliphatic heterocycles.